The summed E-state index contributed by atoms with van der Waals surface area (Å²) in [4.78, 5) is 19.2. The average molecular weight is 217 g/mol. The lowest BCUT2D eigenvalue weighted by Gasteiger charge is -2.04. The highest BCUT2D eigenvalue weighted by Crippen LogP contribution is 1.92. The summed E-state index contributed by atoms with van der Waals surface area (Å²) >= 11 is 0. The standard InChI is InChI=1S/C9H8BN3O3/c14-8-3-1-2-6-13(8)9-11-5-4-7(12-9)10(15)16/h1-6,15-16H. The van der Waals surface area contributed by atoms with Crippen LogP contribution in [0.5, 0.6) is 0 Å². The van der Waals surface area contributed by atoms with E-state index in [2.05, 4.69) is 9.97 Å². The van der Waals surface area contributed by atoms with E-state index >= 15 is 0 Å². The fraction of sp³-hybridized carbons (Fsp3) is 0. The minimum absolute atomic E-state index is 0.0424. The Hall–Kier alpha value is -1.99. The van der Waals surface area contributed by atoms with E-state index in [-0.39, 0.29) is 17.1 Å². The van der Waals surface area contributed by atoms with Gasteiger partial charge in [0, 0.05) is 18.5 Å². The second kappa shape index (κ2) is 4.25. The van der Waals surface area contributed by atoms with Crippen LogP contribution in [0, 0.1) is 0 Å². The molecule has 0 aromatic carbocycles. The van der Waals surface area contributed by atoms with Crippen LogP contribution in [0.4, 0.5) is 0 Å². The molecule has 0 spiro atoms. The minimum Gasteiger partial charge on any atom is -0.422 e. The Morgan fingerprint density at radius 3 is 2.75 bits per heavy atom. The molecule has 0 unspecified atom stereocenters. The molecule has 2 aromatic rings. The molecule has 0 bridgehead atoms. The number of hydrogen-bond donors (Lipinski definition) is 2. The quantitative estimate of drug-likeness (QED) is 0.585. The molecule has 80 valence electrons. The molecule has 0 radical (unpaired) electrons. The van der Waals surface area contributed by atoms with Gasteiger partial charge in [-0.05, 0) is 12.1 Å². The molecule has 0 amide bonds. The maximum absolute atomic E-state index is 11.5. The van der Waals surface area contributed by atoms with Crippen molar-refractivity contribution in [3.8, 4) is 5.95 Å². The lowest BCUT2D eigenvalue weighted by molar-refractivity contribution is 0.424. The second-order valence-corrected chi connectivity index (χ2v) is 3.06. The first-order chi connectivity index (χ1) is 7.68. The zero-order chi connectivity index (χ0) is 11.5. The first-order valence-corrected chi connectivity index (χ1v) is 4.55. The van der Waals surface area contributed by atoms with Gasteiger partial charge in [0.1, 0.15) is 0 Å². The molecule has 2 N–H and O–H groups in total. The maximum atomic E-state index is 11.5. The minimum atomic E-state index is -1.68. The smallest absolute Gasteiger partial charge is 0.422 e. The summed E-state index contributed by atoms with van der Waals surface area (Å²) in [6.07, 6.45) is 2.86. The van der Waals surface area contributed by atoms with Gasteiger partial charge in [-0.1, -0.05) is 6.07 Å². The predicted molar refractivity (Wildman–Crippen MR) is 57.5 cm³/mol. The van der Waals surface area contributed by atoms with Crippen LogP contribution in [-0.4, -0.2) is 31.7 Å². The molecule has 0 saturated heterocycles. The fourth-order valence-electron chi connectivity index (χ4n) is 1.21. The van der Waals surface area contributed by atoms with E-state index in [0.717, 1.165) is 0 Å². The molecule has 7 heteroatoms. The Balaban J connectivity index is 2.53. The van der Waals surface area contributed by atoms with Gasteiger partial charge in [-0.2, -0.15) is 0 Å². The molecule has 2 heterocycles. The SMILES string of the molecule is O=c1ccccn1-c1nccc(B(O)O)n1. The van der Waals surface area contributed by atoms with Gasteiger partial charge < -0.3 is 10.0 Å². The van der Waals surface area contributed by atoms with Crippen LogP contribution >= 0.6 is 0 Å². The zero-order valence-corrected chi connectivity index (χ0v) is 8.19. The summed E-state index contributed by atoms with van der Waals surface area (Å²) < 4.78 is 1.21. The molecule has 0 aliphatic rings. The van der Waals surface area contributed by atoms with Gasteiger partial charge >= 0.3 is 7.12 Å². The van der Waals surface area contributed by atoms with E-state index in [1.807, 2.05) is 0 Å². The van der Waals surface area contributed by atoms with Crippen LogP contribution in [0.25, 0.3) is 5.95 Å². The van der Waals surface area contributed by atoms with Gasteiger partial charge in [-0.25, -0.2) is 9.97 Å². The van der Waals surface area contributed by atoms with Crippen molar-refractivity contribution in [1.29, 1.82) is 0 Å². The van der Waals surface area contributed by atoms with Crippen LogP contribution in [0.15, 0.2) is 41.5 Å². The number of rotatable bonds is 2. The van der Waals surface area contributed by atoms with Crippen molar-refractivity contribution in [1.82, 2.24) is 14.5 Å². The third kappa shape index (κ3) is 2.00. The summed E-state index contributed by atoms with van der Waals surface area (Å²) in [6.45, 7) is 0. The monoisotopic (exact) mass is 217 g/mol. The molecule has 0 aliphatic heterocycles. The third-order valence-electron chi connectivity index (χ3n) is 1.97. The zero-order valence-electron chi connectivity index (χ0n) is 8.19. The fourth-order valence-corrected chi connectivity index (χ4v) is 1.21. The molecule has 0 fully saturated rings. The van der Waals surface area contributed by atoms with E-state index in [1.165, 1.54) is 29.1 Å². The molecule has 16 heavy (non-hydrogen) atoms. The van der Waals surface area contributed by atoms with Crippen LogP contribution in [0.3, 0.4) is 0 Å². The highest BCUT2D eigenvalue weighted by molar-refractivity contribution is 6.57. The van der Waals surface area contributed by atoms with E-state index in [0.29, 0.717) is 0 Å². The van der Waals surface area contributed by atoms with Crippen molar-refractivity contribution >= 4 is 12.7 Å². The molecular formula is C9H8BN3O3. The lowest BCUT2D eigenvalue weighted by Crippen LogP contribution is -2.34. The highest BCUT2D eigenvalue weighted by atomic mass is 16.4. The number of nitrogens with zero attached hydrogens (tertiary/aromatic N) is 3. The van der Waals surface area contributed by atoms with Crippen molar-refractivity contribution in [2.24, 2.45) is 0 Å². The van der Waals surface area contributed by atoms with Gasteiger partial charge in [-0.3, -0.25) is 9.36 Å². The van der Waals surface area contributed by atoms with Crippen LogP contribution < -0.4 is 11.2 Å². The van der Waals surface area contributed by atoms with Crippen molar-refractivity contribution in [3.63, 3.8) is 0 Å². The van der Waals surface area contributed by atoms with Gasteiger partial charge in [0.25, 0.3) is 5.56 Å². The molecule has 2 aromatic heterocycles. The molecule has 0 aliphatic carbocycles. The second-order valence-electron chi connectivity index (χ2n) is 3.06. The van der Waals surface area contributed by atoms with Gasteiger partial charge in [0.15, 0.2) is 0 Å². The molecular weight excluding hydrogens is 209 g/mol. The summed E-state index contributed by atoms with van der Waals surface area (Å²) in [5.41, 5.74) is -0.243. The largest absolute Gasteiger partial charge is 0.508 e. The van der Waals surface area contributed by atoms with Gasteiger partial charge in [0.2, 0.25) is 5.95 Å². The van der Waals surface area contributed by atoms with E-state index < -0.39 is 7.12 Å². The molecule has 0 saturated carbocycles. The highest BCUT2D eigenvalue weighted by Gasteiger charge is 2.14. The van der Waals surface area contributed by atoms with E-state index in [9.17, 15) is 4.79 Å². The Kier molecular flexibility index (Phi) is 2.80. The Labute approximate surface area is 91.0 Å². The molecule has 0 atom stereocenters. The number of aromatic nitrogens is 3. The molecule has 6 nitrogen and oxygen atoms in total. The van der Waals surface area contributed by atoms with Crippen molar-refractivity contribution in [3.05, 3.63) is 47.0 Å². The van der Waals surface area contributed by atoms with Crippen LogP contribution in [0.2, 0.25) is 0 Å². The van der Waals surface area contributed by atoms with E-state index in [4.69, 9.17) is 10.0 Å². The topological polar surface area (TPSA) is 88.2 Å². The summed E-state index contributed by atoms with van der Waals surface area (Å²) in [5, 5.41) is 17.9. The van der Waals surface area contributed by atoms with E-state index in [1.54, 1.807) is 12.1 Å². The van der Waals surface area contributed by atoms with Crippen LogP contribution in [-0.2, 0) is 0 Å². The summed E-state index contributed by atoms with van der Waals surface area (Å²) in [7, 11) is -1.68. The van der Waals surface area contributed by atoms with Crippen LogP contribution in [0.1, 0.15) is 0 Å². The van der Waals surface area contributed by atoms with Gasteiger partial charge in [-0.15, -0.1) is 0 Å². The Morgan fingerprint density at radius 2 is 2.06 bits per heavy atom. The van der Waals surface area contributed by atoms with Gasteiger partial charge in [0.05, 0.1) is 5.59 Å². The maximum Gasteiger partial charge on any atom is 0.508 e. The summed E-state index contributed by atoms with van der Waals surface area (Å²) in [5.74, 6) is 0.108. The van der Waals surface area contributed by atoms with Crippen molar-refractivity contribution in [2.45, 2.75) is 0 Å². The normalized spacial score (nSPS) is 10.1. The van der Waals surface area contributed by atoms with Crippen molar-refractivity contribution in [2.75, 3.05) is 0 Å². The Morgan fingerprint density at radius 1 is 1.25 bits per heavy atom. The Bertz CT molecular complexity index is 555. The first kappa shape index (κ1) is 10.5. The average Bonchev–Trinajstić information content (AvgIpc) is 2.30. The first-order valence-electron chi connectivity index (χ1n) is 4.55. The number of pyridine rings is 1. The molecule has 2 rings (SSSR count). The summed E-state index contributed by atoms with van der Waals surface area (Å²) in [6, 6.07) is 5.99. The lowest BCUT2D eigenvalue weighted by atomic mass is 9.86. The predicted octanol–water partition coefficient (Wildman–Crippen LogP) is -1.69. The van der Waals surface area contributed by atoms with Crippen molar-refractivity contribution < 1.29 is 10.0 Å². The number of hydrogen-bond acceptors (Lipinski definition) is 5. The third-order valence-corrected chi connectivity index (χ3v) is 1.97.